The van der Waals surface area contributed by atoms with Gasteiger partial charge in [-0.1, -0.05) is 57.0 Å². The summed E-state index contributed by atoms with van der Waals surface area (Å²) in [7, 11) is 0. The molecule has 0 saturated heterocycles. The number of carbonyl (C=O) groups is 2. The van der Waals surface area contributed by atoms with Crippen LogP contribution in [-0.2, 0) is 16.0 Å². The first-order valence-corrected chi connectivity index (χ1v) is 12.0. The van der Waals surface area contributed by atoms with Gasteiger partial charge in [-0.25, -0.2) is 0 Å². The van der Waals surface area contributed by atoms with Gasteiger partial charge in [0.05, 0.1) is 25.4 Å². The van der Waals surface area contributed by atoms with Gasteiger partial charge in [0.2, 0.25) is 0 Å². The molecule has 2 aromatic carbocycles. The molecule has 0 fully saturated rings. The van der Waals surface area contributed by atoms with Crippen LogP contribution in [-0.4, -0.2) is 42.4 Å². The summed E-state index contributed by atoms with van der Waals surface area (Å²) in [6.07, 6.45) is 3.17. The molecule has 0 radical (unpaired) electrons. The number of unbranched alkanes of at least 4 members (excludes halogenated alkanes) is 3. The number of rotatable bonds is 12. The quantitative estimate of drug-likeness (QED) is 0.393. The first kappa shape index (κ1) is 27.2. The lowest BCUT2D eigenvalue weighted by atomic mass is 9.97. The van der Waals surface area contributed by atoms with E-state index in [1.165, 1.54) is 0 Å². The minimum atomic E-state index is -1.10. The molecule has 1 heterocycles. The van der Waals surface area contributed by atoms with Gasteiger partial charge in [0, 0.05) is 18.5 Å². The Morgan fingerprint density at radius 1 is 1.06 bits per heavy atom. The number of alkyl halides is 1. The molecule has 1 unspecified atom stereocenters. The van der Waals surface area contributed by atoms with Gasteiger partial charge in [0.1, 0.15) is 11.5 Å². The summed E-state index contributed by atoms with van der Waals surface area (Å²) in [6.45, 7) is 6.19. The fourth-order valence-electron chi connectivity index (χ4n) is 3.85. The maximum Gasteiger partial charge on any atom is 0.307 e. The molecular formula is C27H36FNO5. The van der Waals surface area contributed by atoms with Gasteiger partial charge in [-0.15, -0.1) is 0 Å². The van der Waals surface area contributed by atoms with Crippen molar-refractivity contribution in [3.05, 3.63) is 54.1 Å². The van der Waals surface area contributed by atoms with Crippen molar-refractivity contribution in [3.8, 4) is 11.5 Å². The fourth-order valence-corrected chi connectivity index (χ4v) is 3.85. The molecule has 1 N–H and O–H groups in total. The number of aliphatic carboxylic acids is 1. The average Bonchev–Trinajstić information content (AvgIpc) is 2.83. The zero-order valence-corrected chi connectivity index (χ0v) is 20.4. The minimum absolute atomic E-state index is 0.133. The Balaban J connectivity index is 0.00000199. The fraction of sp³-hybridized carbons (Fsp3) is 0.481. The number of hydrogen-bond acceptors (Lipinski definition) is 4. The van der Waals surface area contributed by atoms with E-state index in [0.717, 1.165) is 24.9 Å². The minimum Gasteiger partial charge on any atom is -0.493 e. The second-order valence-corrected chi connectivity index (χ2v) is 8.14. The third kappa shape index (κ3) is 7.20. The van der Waals surface area contributed by atoms with E-state index in [4.69, 9.17) is 14.6 Å². The molecule has 1 aliphatic rings. The Morgan fingerprint density at radius 3 is 2.47 bits per heavy atom. The second kappa shape index (κ2) is 13.6. The van der Waals surface area contributed by atoms with Crippen molar-refractivity contribution in [1.82, 2.24) is 0 Å². The van der Waals surface area contributed by atoms with Crippen molar-refractivity contribution < 1.29 is 28.6 Å². The van der Waals surface area contributed by atoms with E-state index in [0.29, 0.717) is 36.4 Å². The van der Waals surface area contributed by atoms with E-state index in [1.807, 2.05) is 38.1 Å². The molecule has 1 amide bonds. The van der Waals surface area contributed by atoms with Crippen LogP contribution in [0.2, 0.25) is 0 Å². The Hall–Kier alpha value is -3.09. The number of nitrogens with zero attached hydrogens (tertiary/aromatic N) is 1. The lowest BCUT2D eigenvalue weighted by molar-refractivity contribution is -0.136. The van der Waals surface area contributed by atoms with Gasteiger partial charge in [0.15, 0.2) is 5.60 Å². The van der Waals surface area contributed by atoms with Crippen molar-refractivity contribution >= 4 is 17.6 Å². The van der Waals surface area contributed by atoms with E-state index < -0.39 is 11.6 Å². The zero-order valence-electron chi connectivity index (χ0n) is 20.4. The Morgan fingerprint density at radius 2 is 1.74 bits per heavy atom. The van der Waals surface area contributed by atoms with E-state index >= 15 is 0 Å². The molecule has 0 saturated carbocycles. The lowest BCUT2D eigenvalue weighted by Gasteiger charge is -2.40. The number of carboxylic acid groups (broad SMARTS) is 1. The smallest absolute Gasteiger partial charge is 0.307 e. The van der Waals surface area contributed by atoms with Crippen LogP contribution in [0, 0.1) is 0 Å². The van der Waals surface area contributed by atoms with Gasteiger partial charge in [0.25, 0.3) is 5.91 Å². The molecule has 6 nitrogen and oxygen atoms in total. The zero-order chi connectivity index (χ0) is 25.0. The molecule has 34 heavy (non-hydrogen) atoms. The average molecular weight is 474 g/mol. The molecule has 1 aliphatic heterocycles. The van der Waals surface area contributed by atoms with Crippen LogP contribution in [0.15, 0.2) is 48.5 Å². The number of fused-ring (bicyclic) bond motifs is 1. The maximum atomic E-state index is 13.4. The highest BCUT2D eigenvalue weighted by molar-refractivity contribution is 6.02. The molecule has 2 aromatic rings. The summed E-state index contributed by atoms with van der Waals surface area (Å²) in [6, 6.07) is 14.4. The van der Waals surface area contributed by atoms with Crippen LogP contribution in [0.4, 0.5) is 10.1 Å². The summed E-state index contributed by atoms with van der Waals surface area (Å²) >= 11 is 0. The second-order valence-electron chi connectivity index (χ2n) is 8.14. The molecule has 0 aromatic heterocycles. The maximum absolute atomic E-state index is 13.4. The van der Waals surface area contributed by atoms with Gasteiger partial charge < -0.3 is 19.5 Å². The molecule has 0 aliphatic carbocycles. The van der Waals surface area contributed by atoms with E-state index in [-0.39, 0.29) is 25.6 Å². The largest absolute Gasteiger partial charge is 0.493 e. The number of amides is 1. The topological polar surface area (TPSA) is 76.1 Å². The highest BCUT2D eigenvalue weighted by Crippen LogP contribution is 2.39. The van der Waals surface area contributed by atoms with E-state index in [2.05, 4.69) is 0 Å². The van der Waals surface area contributed by atoms with Crippen LogP contribution in [0.5, 0.6) is 11.5 Å². The first-order valence-electron chi connectivity index (χ1n) is 12.0. The van der Waals surface area contributed by atoms with Crippen molar-refractivity contribution in [2.24, 2.45) is 0 Å². The van der Waals surface area contributed by atoms with Gasteiger partial charge >= 0.3 is 5.97 Å². The van der Waals surface area contributed by atoms with Gasteiger partial charge in [-0.2, -0.15) is 0 Å². The SMILES string of the molecule is CC.CC1(CCOc2ccccc2CC(=O)O)Oc2ccccc2N(CCCCCCF)C1=O. The highest BCUT2D eigenvalue weighted by atomic mass is 19.1. The first-order chi connectivity index (χ1) is 16.4. The summed E-state index contributed by atoms with van der Waals surface area (Å²) in [4.78, 5) is 26.2. The van der Waals surface area contributed by atoms with Gasteiger partial charge in [-0.3, -0.25) is 14.0 Å². The third-order valence-electron chi connectivity index (χ3n) is 5.61. The van der Waals surface area contributed by atoms with E-state index in [1.54, 1.807) is 36.1 Å². The van der Waals surface area contributed by atoms with Crippen molar-refractivity contribution in [3.63, 3.8) is 0 Å². The summed E-state index contributed by atoms with van der Waals surface area (Å²) in [5.41, 5.74) is 0.226. The number of para-hydroxylation sites is 3. The molecule has 7 heteroatoms. The molecule has 0 bridgehead atoms. The van der Waals surface area contributed by atoms with E-state index in [9.17, 15) is 14.0 Å². The third-order valence-corrected chi connectivity index (χ3v) is 5.61. The van der Waals surface area contributed by atoms with Gasteiger partial charge in [-0.05, 0) is 38.0 Å². The molecule has 1 atom stereocenters. The van der Waals surface area contributed by atoms with Crippen molar-refractivity contribution in [1.29, 1.82) is 0 Å². The summed E-state index contributed by atoms with van der Waals surface area (Å²) in [5.74, 6) is 0.0678. The van der Waals surface area contributed by atoms with Crippen molar-refractivity contribution in [2.45, 2.75) is 64.9 Å². The van der Waals surface area contributed by atoms with Crippen LogP contribution >= 0.6 is 0 Å². The number of ether oxygens (including phenoxy) is 2. The Kier molecular flexibility index (Phi) is 10.8. The number of halogens is 1. The predicted octanol–water partition coefficient (Wildman–Crippen LogP) is 5.82. The highest BCUT2D eigenvalue weighted by Gasteiger charge is 2.44. The van der Waals surface area contributed by atoms with Crippen LogP contribution < -0.4 is 14.4 Å². The number of carbonyl (C=O) groups excluding carboxylic acids is 1. The standard InChI is InChI=1S/C25H30FNO5.C2H6/c1-25(14-17-31-21-12-6-4-10-19(21)18-23(28)29)24(30)27(16-9-3-2-8-15-26)20-11-5-7-13-22(20)32-25;1-2/h4-7,10-13H,2-3,8-9,14-18H2,1H3,(H,28,29);1-2H3. The lowest BCUT2D eigenvalue weighted by Crippen LogP contribution is -2.55. The Labute approximate surface area is 201 Å². The predicted molar refractivity (Wildman–Crippen MR) is 132 cm³/mol. The number of benzene rings is 2. The monoisotopic (exact) mass is 473 g/mol. The van der Waals surface area contributed by atoms with Crippen LogP contribution in [0.1, 0.15) is 58.4 Å². The van der Waals surface area contributed by atoms with Crippen LogP contribution in [0.3, 0.4) is 0 Å². The number of carboxylic acids is 1. The normalized spacial score (nSPS) is 16.7. The molecule has 0 spiro atoms. The molecule has 186 valence electrons. The summed E-state index contributed by atoms with van der Waals surface area (Å²) < 4.78 is 24.3. The molecule has 3 rings (SSSR count). The van der Waals surface area contributed by atoms with Crippen molar-refractivity contribution in [2.75, 3.05) is 24.7 Å². The number of hydrogen-bond donors (Lipinski definition) is 1. The Bertz CT molecular complexity index is 935. The summed E-state index contributed by atoms with van der Waals surface area (Å²) in [5, 5.41) is 9.09. The number of anilines is 1. The molecular weight excluding hydrogens is 437 g/mol. The van der Waals surface area contributed by atoms with Crippen LogP contribution in [0.25, 0.3) is 0 Å².